The molecule has 164 valence electrons. The van der Waals surface area contributed by atoms with Gasteiger partial charge in [0.1, 0.15) is 11.4 Å². The van der Waals surface area contributed by atoms with Crippen LogP contribution in [0, 0.1) is 17.7 Å². The van der Waals surface area contributed by atoms with Crippen LogP contribution < -0.4 is 11.1 Å². The van der Waals surface area contributed by atoms with E-state index in [9.17, 15) is 4.79 Å². The maximum atomic E-state index is 15.0. The maximum Gasteiger partial charge on any atom is 0.225 e. The average molecular weight is 435 g/mol. The number of carbonyl (C=O) groups is 1. The molecule has 6 nitrogen and oxygen atoms in total. The number of benzene rings is 1. The zero-order chi connectivity index (χ0) is 21.1. The maximum absolute atomic E-state index is 15.0. The van der Waals surface area contributed by atoms with E-state index in [1.54, 1.807) is 12.1 Å². The van der Waals surface area contributed by atoms with Gasteiger partial charge < -0.3 is 20.7 Å². The predicted octanol–water partition coefficient (Wildman–Crippen LogP) is 3.18. The summed E-state index contributed by atoms with van der Waals surface area (Å²) in [6.45, 7) is 5.93. The Labute approximate surface area is 181 Å². The Morgan fingerprint density at radius 3 is 3.00 bits per heavy atom. The van der Waals surface area contributed by atoms with Gasteiger partial charge in [-0.3, -0.25) is 4.79 Å². The lowest BCUT2D eigenvalue weighted by Gasteiger charge is -2.47. The molecule has 30 heavy (non-hydrogen) atoms. The molecule has 2 fully saturated rings. The van der Waals surface area contributed by atoms with Crippen molar-refractivity contribution in [3.05, 3.63) is 29.6 Å². The van der Waals surface area contributed by atoms with Crippen LogP contribution in [0.25, 0.3) is 0 Å². The normalized spacial score (nSPS) is 29.7. The van der Waals surface area contributed by atoms with Gasteiger partial charge in [0, 0.05) is 42.5 Å². The fourth-order valence-corrected chi connectivity index (χ4v) is 6.04. The standard InChI is InChI=1S/C22H31FN4O2S/c1-15-12-29-14-22(18(15)13-30-21(24)26-22)17-11-16(5-6-19(17)23)25-20(28)7-10-27-8-3-2-4-9-27/h5-6,11,15,18H,2-4,7-10,12-14H2,1H3,(H2,24,26)(H,25,28)/t15-,18+,22+/m0/s1. The average Bonchev–Trinajstić information content (AvgIpc) is 2.74. The van der Waals surface area contributed by atoms with Crippen molar-refractivity contribution in [1.82, 2.24) is 4.90 Å². The van der Waals surface area contributed by atoms with Gasteiger partial charge in [-0.15, -0.1) is 0 Å². The van der Waals surface area contributed by atoms with Crippen molar-refractivity contribution >= 4 is 28.5 Å². The number of nitrogens with one attached hydrogen (secondary N) is 1. The minimum absolute atomic E-state index is 0.0531. The van der Waals surface area contributed by atoms with Gasteiger partial charge in [-0.25, -0.2) is 9.38 Å². The van der Waals surface area contributed by atoms with Crippen molar-refractivity contribution in [2.45, 2.75) is 38.1 Å². The lowest BCUT2D eigenvalue weighted by atomic mass is 9.72. The van der Waals surface area contributed by atoms with Crippen molar-refractivity contribution in [2.75, 3.05) is 43.9 Å². The summed E-state index contributed by atoms with van der Waals surface area (Å²) in [6, 6.07) is 4.74. The Kier molecular flexibility index (Phi) is 6.65. The summed E-state index contributed by atoms with van der Waals surface area (Å²) in [5, 5.41) is 3.40. The van der Waals surface area contributed by atoms with E-state index < -0.39 is 5.54 Å². The first-order valence-corrected chi connectivity index (χ1v) is 11.8. The molecule has 1 amide bonds. The number of thioether (sulfide) groups is 1. The molecule has 0 aromatic heterocycles. The van der Waals surface area contributed by atoms with E-state index in [4.69, 9.17) is 15.5 Å². The Morgan fingerprint density at radius 1 is 1.40 bits per heavy atom. The van der Waals surface area contributed by atoms with Crippen LogP contribution in [-0.2, 0) is 15.1 Å². The minimum Gasteiger partial charge on any atom is -0.379 e. The molecule has 3 N–H and O–H groups in total. The number of hydrogen-bond acceptors (Lipinski definition) is 6. The fourth-order valence-electron chi connectivity index (χ4n) is 4.85. The van der Waals surface area contributed by atoms with Crippen LogP contribution in [0.15, 0.2) is 23.2 Å². The number of amides is 1. The predicted molar refractivity (Wildman–Crippen MR) is 119 cm³/mol. The highest BCUT2D eigenvalue weighted by Crippen LogP contribution is 2.47. The molecule has 4 rings (SSSR count). The van der Waals surface area contributed by atoms with Gasteiger partial charge >= 0.3 is 0 Å². The third-order valence-corrected chi connectivity index (χ3v) is 7.46. The molecule has 0 radical (unpaired) electrons. The quantitative estimate of drug-likeness (QED) is 0.744. The van der Waals surface area contributed by atoms with E-state index >= 15 is 4.39 Å². The van der Waals surface area contributed by atoms with Crippen molar-refractivity contribution in [1.29, 1.82) is 0 Å². The third kappa shape index (κ3) is 4.50. The number of likely N-dealkylation sites (tertiary alicyclic amines) is 1. The van der Waals surface area contributed by atoms with E-state index in [0.29, 0.717) is 36.1 Å². The molecule has 1 aromatic rings. The highest BCUT2D eigenvalue weighted by atomic mass is 32.2. The number of hydrogen-bond donors (Lipinski definition) is 2. The zero-order valence-electron chi connectivity index (χ0n) is 17.5. The Hall–Kier alpha value is -1.64. The van der Waals surface area contributed by atoms with E-state index in [-0.39, 0.29) is 23.6 Å². The number of halogens is 1. The number of carbonyl (C=O) groups excluding carboxylic acids is 1. The van der Waals surface area contributed by atoms with E-state index in [1.807, 2.05) is 0 Å². The molecule has 0 bridgehead atoms. The topological polar surface area (TPSA) is 80.0 Å². The summed E-state index contributed by atoms with van der Waals surface area (Å²) in [5.41, 5.74) is 6.25. The van der Waals surface area contributed by atoms with Gasteiger partial charge in [0.05, 0.1) is 6.61 Å². The number of aliphatic imine (C=N–C) groups is 1. The van der Waals surface area contributed by atoms with Gasteiger partial charge in [-0.05, 0) is 50.0 Å². The Bertz CT molecular complexity index is 814. The molecule has 0 spiro atoms. The van der Waals surface area contributed by atoms with Crippen LogP contribution in [-0.4, -0.2) is 54.6 Å². The largest absolute Gasteiger partial charge is 0.379 e. The first kappa shape index (κ1) is 21.6. The minimum atomic E-state index is -0.842. The van der Waals surface area contributed by atoms with Crippen molar-refractivity contribution in [2.24, 2.45) is 22.6 Å². The molecule has 2 saturated heterocycles. The SMILES string of the molecule is C[C@H]1COC[C@]2(c3cc(NC(=O)CCN4CCCCC4)ccc3F)N=C(N)SC[C@H]12. The molecule has 3 aliphatic rings. The molecule has 3 heterocycles. The second-order valence-electron chi connectivity index (χ2n) is 8.68. The first-order chi connectivity index (χ1) is 14.5. The number of nitrogens with two attached hydrogens (primary N) is 1. The molecule has 3 atom stereocenters. The van der Waals surface area contributed by atoms with Gasteiger partial charge in [0.15, 0.2) is 5.17 Å². The van der Waals surface area contributed by atoms with Crippen LogP contribution in [0.3, 0.4) is 0 Å². The van der Waals surface area contributed by atoms with Crippen LogP contribution in [0.4, 0.5) is 10.1 Å². The number of piperidine rings is 1. The first-order valence-electron chi connectivity index (χ1n) is 10.9. The monoisotopic (exact) mass is 434 g/mol. The second-order valence-corrected chi connectivity index (χ2v) is 9.72. The van der Waals surface area contributed by atoms with Crippen LogP contribution in [0.2, 0.25) is 0 Å². The third-order valence-electron chi connectivity index (χ3n) is 6.54. The summed E-state index contributed by atoms with van der Waals surface area (Å²) in [4.78, 5) is 19.5. The van der Waals surface area contributed by atoms with Crippen molar-refractivity contribution < 1.29 is 13.9 Å². The number of anilines is 1. The van der Waals surface area contributed by atoms with Crippen LogP contribution in [0.5, 0.6) is 0 Å². The molecule has 0 unspecified atom stereocenters. The molecule has 3 aliphatic heterocycles. The smallest absolute Gasteiger partial charge is 0.225 e. The number of ether oxygens (including phenoxy) is 1. The fraction of sp³-hybridized carbons (Fsp3) is 0.636. The molecule has 0 aliphatic carbocycles. The van der Waals surface area contributed by atoms with Gasteiger partial charge in [0.25, 0.3) is 0 Å². The number of fused-ring (bicyclic) bond motifs is 1. The molecule has 8 heteroatoms. The zero-order valence-corrected chi connectivity index (χ0v) is 18.3. The highest BCUT2D eigenvalue weighted by molar-refractivity contribution is 8.13. The summed E-state index contributed by atoms with van der Waals surface area (Å²) in [5.74, 6) is 0.759. The summed E-state index contributed by atoms with van der Waals surface area (Å²) in [7, 11) is 0. The van der Waals surface area contributed by atoms with Gasteiger partial charge in [0.2, 0.25) is 5.91 Å². The summed E-state index contributed by atoms with van der Waals surface area (Å²) < 4.78 is 20.8. The van der Waals surface area contributed by atoms with E-state index in [1.165, 1.54) is 37.1 Å². The lowest BCUT2D eigenvalue weighted by molar-refractivity contribution is -0.116. The van der Waals surface area contributed by atoms with Crippen LogP contribution >= 0.6 is 11.8 Å². The Morgan fingerprint density at radius 2 is 2.20 bits per heavy atom. The lowest BCUT2D eigenvalue weighted by Crippen LogP contribution is -2.51. The van der Waals surface area contributed by atoms with E-state index in [0.717, 1.165) is 25.4 Å². The van der Waals surface area contributed by atoms with Gasteiger partial charge in [-0.1, -0.05) is 25.1 Å². The van der Waals surface area contributed by atoms with Crippen molar-refractivity contribution in [3.63, 3.8) is 0 Å². The number of nitrogens with zero attached hydrogens (tertiary/aromatic N) is 2. The van der Waals surface area contributed by atoms with Crippen LogP contribution in [0.1, 0.15) is 38.2 Å². The highest BCUT2D eigenvalue weighted by Gasteiger charge is 2.50. The molecule has 1 aromatic carbocycles. The molecular weight excluding hydrogens is 403 g/mol. The number of amidine groups is 1. The molecule has 0 saturated carbocycles. The van der Waals surface area contributed by atoms with Crippen molar-refractivity contribution in [3.8, 4) is 0 Å². The number of rotatable bonds is 5. The second kappa shape index (κ2) is 9.24. The van der Waals surface area contributed by atoms with E-state index in [2.05, 4.69) is 17.1 Å². The van der Waals surface area contributed by atoms with Gasteiger partial charge in [-0.2, -0.15) is 0 Å². The Balaban J connectivity index is 1.52. The molecular formula is C22H31FN4O2S. The summed E-state index contributed by atoms with van der Waals surface area (Å²) >= 11 is 1.52. The summed E-state index contributed by atoms with van der Waals surface area (Å²) in [6.07, 6.45) is 4.11.